The van der Waals surface area contributed by atoms with Crippen LogP contribution in [0.5, 0.6) is 0 Å². The molecule has 0 fully saturated rings. The summed E-state index contributed by atoms with van der Waals surface area (Å²) in [6.07, 6.45) is 0.612. The van der Waals surface area contributed by atoms with Crippen molar-refractivity contribution in [3.05, 3.63) is 39.4 Å². The molecular formula is C11H14FNO2. The highest BCUT2D eigenvalue weighted by molar-refractivity contribution is 5.44. The highest BCUT2D eigenvalue weighted by atomic mass is 19.1. The summed E-state index contributed by atoms with van der Waals surface area (Å²) in [7, 11) is 0. The van der Waals surface area contributed by atoms with Crippen molar-refractivity contribution in [1.29, 1.82) is 0 Å². The van der Waals surface area contributed by atoms with Gasteiger partial charge in [0.2, 0.25) is 0 Å². The standard InChI is InChI=1S/C11H14FNO2/c1-3-9-4-5-10(8(2)7-12)6-11(9)13(14)15/h4-6,8H,3,7H2,1-2H3. The van der Waals surface area contributed by atoms with Gasteiger partial charge >= 0.3 is 0 Å². The fourth-order valence-corrected chi connectivity index (χ4v) is 1.45. The van der Waals surface area contributed by atoms with E-state index in [1.54, 1.807) is 19.1 Å². The van der Waals surface area contributed by atoms with E-state index in [0.29, 0.717) is 17.5 Å². The van der Waals surface area contributed by atoms with Gasteiger partial charge in [0, 0.05) is 17.5 Å². The van der Waals surface area contributed by atoms with Gasteiger partial charge in [0.05, 0.1) is 11.6 Å². The number of hydrogen-bond donors (Lipinski definition) is 0. The minimum absolute atomic E-state index is 0.0929. The zero-order valence-electron chi connectivity index (χ0n) is 8.87. The molecule has 0 saturated heterocycles. The first kappa shape index (κ1) is 11.6. The van der Waals surface area contributed by atoms with Crippen LogP contribution in [0, 0.1) is 10.1 Å². The van der Waals surface area contributed by atoms with E-state index in [-0.39, 0.29) is 11.6 Å². The molecule has 0 saturated carbocycles. The van der Waals surface area contributed by atoms with Crippen molar-refractivity contribution in [2.24, 2.45) is 0 Å². The Morgan fingerprint density at radius 3 is 2.67 bits per heavy atom. The van der Waals surface area contributed by atoms with Crippen LogP contribution in [0.25, 0.3) is 0 Å². The molecule has 82 valence electrons. The van der Waals surface area contributed by atoms with Crippen molar-refractivity contribution in [2.75, 3.05) is 6.67 Å². The molecule has 1 rings (SSSR count). The van der Waals surface area contributed by atoms with Crippen LogP contribution in [0.15, 0.2) is 18.2 Å². The number of nitro benzene ring substituents is 1. The van der Waals surface area contributed by atoms with Crippen molar-refractivity contribution < 1.29 is 9.31 Å². The maximum absolute atomic E-state index is 12.4. The molecule has 4 heteroatoms. The fourth-order valence-electron chi connectivity index (χ4n) is 1.45. The molecule has 0 aromatic heterocycles. The summed E-state index contributed by atoms with van der Waals surface area (Å²) >= 11 is 0. The Labute approximate surface area is 88.1 Å². The Balaban J connectivity index is 3.16. The van der Waals surface area contributed by atoms with Crippen LogP contribution in [0.2, 0.25) is 0 Å². The fraction of sp³-hybridized carbons (Fsp3) is 0.455. The van der Waals surface area contributed by atoms with Gasteiger partial charge in [-0.25, -0.2) is 0 Å². The lowest BCUT2D eigenvalue weighted by atomic mass is 9.99. The van der Waals surface area contributed by atoms with Crippen LogP contribution in [0.3, 0.4) is 0 Å². The van der Waals surface area contributed by atoms with Crippen molar-refractivity contribution in [3.63, 3.8) is 0 Å². The Bertz CT molecular complexity index is 366. The molecule has 3 nitrogen and oxygen atoms in total. The molecule has 1 aromatic carbocycles. The number of hydrogen-bond acceptors (Lipinski definition) is 2. The van der Waals surface area contributed by atoms with Gasteiger partial charge in [-0.15, -0.1) is 0 Å². The van der Waals surface area contributed by atoms with Gasteiger partial charge in [0.25, 0.3) is 5.69 Å². The lowest BCUT2D eigenvalue weighted by molar-refractivity contribution is -0.385. The molecule has 0 amide bonds. The quantitative estimate of drug-likeness (QED) is 0.566. The highest BCUT2D eigenvalue weighted by Crippen LogP contribution is 2.25. The summed E-state index contributed by atoms with van der Waals surface area (Å²) in [4.78, 5) is 10.3. The zero-order chi connectivity index (χ0) is 11.4. The van der Waals surface area contributed by atoms with E-state index in [1.807, 2.05) is 6.92 Å². The summed E-state index contributed by atoms with van der Waals surface area (Å²) in [5.41, 5.74) is 1.46. The van der Waals surface area contributed by atoms with Crippen molar-refractivity contribution in [3.8, 4) is 0 Å². The van der Waals surface area contributed by atoms with E-state index < -0.39 is 11.6 Å². The van der Waals surface area contributed by atoms with Crippen LogP contribution in [0.4, 0.5) is 10.1 Å². The maximum Gasteiger partial charge on any atom is 0.272 e. The van der Waals surface area contributed by atoms with E-state index in [1.165, 1.54) is 6.07 Å². The first-order chi connectivity index (χ1) is 7.10. The van der Waals surface area contributed by atoms with Crippen LogP contribution >= 0.6 is 0 Å². The summed E-state index contributed by atoms with van der Waals surface area (Å²) in [5, 5.41) is 10.8. The number of rotatable bonds is 4. The number of nitrogens with zero attached hydrogens (tertiary/aromatic N) is 1. The number of benzene rings is 1. The molecular weight excluding hydrogens is 197 g/mol. The number of halogens is 1. The predicted octanol–water partition coefficient (Wildman–Crippen LogP) is 3.23. The highest BCUT2D eigenvalue weighted by Gasteiger charge is 2.15. The second kappa shape index (κ2) is 4.87. The largest absolute Gasteiger partial charge is 0.272 e. The zero-order valence-corrected chi connectivity index (χ0v) is 8.87. The van der Waals surface area contributed by atoms with Crippen LogP contribution < -0.4 is 0 Å². The van der Waals surface area contributed by atoms with Gasteiger partial charge in [0.1, 0.15) is 0 Å². The van der Waals surface area contributed by atoms with Gasteiger partial charge in [-0.3, -0.25) is 14.5 Å². The third kappa shape index (κ3) is 2.52. The molecule has 1 aromatic rings. The molecule has 1 atom stereocenters. The second-order valence-corrected chi connectivity index (χ2v) is 3.55. The molecule has 0 aliphatic heterocycles. The minimum atomic E-state index is -0.497. The third-order valence-corrected chi connectivity index (χ3v) is 2.49. The van der Waals surface area contributed by atoms with E-state index in [0.717, 1.165) is 0 Å². The third-order valence-electron chi connectivity index (χ3n) is 2.49. The lowest BCUT2D eigenvalue weighted by Gasteiger charge is -2.08. The topological polar surface area (TPSA) is 43.1 Å². The average molecular weight is 211 g/mol. The van der Waals surface area contributed by atoms with Crippen molar-refractivity contribution in [1.82, 2.24) is 0 Å². The maximum atomic E-state index is 12.4. The Morgan fingerprint density at radius 2 is 2.20 bits per heavy atom. The Kier molecular flexibility index (Phi) is 3.77. The first-order valence-electron chi connectivity index (χ1n) is 4.93. The molecule has 0 spiro atoms. The molecule has 0 aliphatic carbocycles. The van der Waals surface area contributed by atoms with Crippen LogP contribution in [-0.2, 0) is 6.42 Å². The molecule has 0 aliphatic rings. The van der Waals surface area contributed by atoms with E-state index in [4.69, 9.17) is 0 Å². The normalized spacial score (nSPS) is 12.5. The SMILES string of the molecule is CCc1ccc(C(C)CF)cc1[N+](=O)[O-]. The van der Waals surface area contributed by atoms with E-state index in [2.05, 4.69) is 0 Å². The van der Waals surface area contributed by atoms with Crippen molar-refractivity contribution >= 4 is 5.69 Å². The monoisotopic (exact) mass is 211 g/mol. The van der Waals surface area contributed by atoms with Gasteiger partial charge in [-0.2, -0.15) is 0 Å². The summed E-state index contributed by atoms with van der Waals surface area (Å²) in [5.74, 6) is -0.283. The second-order valence-electron chi connectivity index (χ2n) is 3.55. The molecule has 0 N–H and O–H groups in total. The molecule has 0 radical (unpaired) electrons. The number of nitro groups is 1. The molecule has 0 heterocycles. The van der Waals surface area contributed by atoms with E-state index >= 15 is 0 Å². The van der Waals surface area contributed by atoms with Crippen LogP contribution in [-0.4, -0.2) is 11.6 Å². The average Bonchev–Trinajstić information content (AvgIpc) is 2.27. The first-order valence-corrected chi connectivity index (χ1v) is 4.93. The summed E-state index contributed by atoms with van der Waals surface area (Å²) < 4.78 is 12.4. The van der Waals surface area contributed by atoms with Crippen molar-refractivity contribution in [2.45, 2.75) is 26.2 Å². The summed E-state index contributed by atoms with van der Waals surface area (Å²) in [6, 6.07) is 4.94. The Morgan fingerprint density at radius 1 is 1.53 bits per heavy atom. The molecule has 0 bridgehead atoms. The van der Waals surface area contributed by atoms with E-state index in [9.17, 15) is 14.5 Å². The number of alkyl halides is 1. The van der Waals surface area contributed by atoms with Gasteiger partial charge in [-0.05, 0) is 12.0 Å². The van der Waals surface area contributed by atoms with Gasteiger partial charge in [-0.1, -0.05) is 26.0 Å². The molecule has 15 heavy (non-hydrogen) atoms. The smallest absolute Gasteiger partial charge is 0.258 e. The van der Waals surface area contributed by atoms with Gasteiger partial charge in [0.15, 0.2) is 0 Å². The van der Waals surface area contributed by atoms with Crippen LogP contribution in [0.1, 0.15) is 30.9 Å². The molecule has 1 unspecified atom stereocenters. The van der Waals surface area contributed by atoms with Gasteiger partial charge < -0.3 is 0 Å². The predicted molar refractivity (Wildman–Crippen MR) is 56.9 cm³/mol. The Hall–Kier alpha value is -1.45. The lowest BCUT2D eigenvalue weighted by Crippen LogP contribution is -2.00. The number of aryl methyl sites for hydroxylation is 1. The minimum Gasteiger partial charge on any atom is -0.258 e. The summed E-state index contributed by atoms with van der Waals surface area (Å²) in [6.45, 7) is 3.08.